The molecule has 1 aromatic carbocycles. The Bertz CT molecular complexity index is 759. The van der Waals surface area contributed by atoms with E-state index in [4.69, 9.17) is 11.6 Å². The van der Waals surface area contributed by atoms with E-state index in [0.717, 1.165) is 5.56 Å². The van der Waals surface area contributed by atoms with E-state index >= 15 is 0 Å². The molecule has 0 aliphatic carbocycles. The number of rotatable bonds is 3. The lowest BCUT2D eigenvalue weighted by atomic mass is 10.2. The van der Waals surface area contributed by atoms with Gasteiger partial charge in [0.05, 0.1) is 0 Å². The Labute approximate surface area is 156 Å². The summed E-state index contributed by atoms with van der Waals surface area (Å²) in [5.41, 5.74) is 0.926. The van der Waals surface area contributed by atoms with E-state index in [9.17, 15) is 18.0 Å². The highest BCUT2D eigenvalue weighted by atomic mass is 35.5. The number of aromatic nitrogens is 2. The number of benzene rings is 1. The fraction of sp³-hybridized carbons (Fsp3) is 0.400. The molecule has 0 saturated carbocycles. The molecular weight excluding hydrogens is 391 g/mol. The van der Waals surface area contributed by atoms with Crippen LogP contribution in [0.25, 0.3) is 0 Å². The van der Waals surface area contributed by atoms with Crippen molar-refractivity contribution in [2.24, 2.45) is 0 Å². The van der Waals surface area contributed by atoms with Gasteiger partial charge in [0, 0.05) is 37.7 Å². The molecule has 2 heterocycles. The van der Waals surface area contributed by atoms with Crippen molar-refractivity contribution in [2.75, 3.05) is 31.1 Å². The first-order valence-electron chi connectivity index (χ1n) is 7.76. The third-order valence-corrected chi connectivity index (χ3v) is 5.13. The van der Waals surface area contributed by atoms with Crippen LogP contribution in [0.5, 0.6) is 0 Å². The van der Waals surface area contributed by atoms with Crippen molar-refractivity contribution in [3.63, 3.8) is 0 Å². The van der Waals surface area contributed by atoms with Crippen LogP contribution >= 0.6 is 22.9 Å². The van der Waals surface area contributed by atoms with Crippen LogP contribution in [-0.2, 0) is 12.7 Å². The lowest BCUT2D eigenvalue weighted by molar-refractivity contribution is -0.138. The van der Waals surface area contributed by atoms with Gasteiger partial charge in [-0.25, -0.2) is 4.79 Å². The average Bonchev–Trinajstić information content (AvgIpc) is 3.12. The van der Waals surface area contributed by atoms with E-state index in [1.54, 1.807) is 21.9 Å². The number of anilines is 1. The average molecular weight is 406 g/mol. The minimum atomic E-state index is -4.49. The quantitative estimate of drug-likeness (QED) is 0.851. The van der Waals surface area contributed by atoms with Gasteiger partial charge in [0.25, 0.3) is 0 Å². The zero-order valence-corrected chi connectivity index (χ0v) is 15.0. The molecule has 1 aliphatic rings. The number of halogens is 4. The van der Waals surface area contributed by atoms with Gasteiger partial charge in [-0.3, -0.25) is 0 Å². The number of carbonyl (C=O) groups is 1. The summed E-state index contributed by atoms with van der Waals surface area (Å²) in [6, 6.07) is 6.94. The molecule has 1 N–H and O–H groups in total. The second kappa shape index (κ2) is 7.67. The second-order valence-corrected chi connectivity index (χ2v) is 7.04. The summed E-state index contributed by atoms with van der Waals surface area (Å²) in [5, 5.41) is 9.49. The number of hydrogen-bond acceptors (Lipinski definition) is 5. The third-order valence-electron chi connectivity index (χ3n) is 3.85. The van der Waals surface area contributed by atoms with Gasteiger partial charge in [-0.15, -0.1) is 10.2 Å². The molecule has 1 fully saturated rings. The highest BCUT2D eigenvalue weighted by Crippen LogP contribution is 2.34. The Balaban J connectivity index is 1.49. The molecular formula is C15H15ClF3N5OS. The molecule has 1 aliphatic heterocycles. The molecule has 11 heteroatoms. The van der Waals surface area contributed by atoms with Crippen LogP contribution in [0, 0.1) is 0 Å². The van der Waals surface area contributed by atoms with Crippen LogP contribution in [-0.4, -0.2) is 47.3 Å². The van der Waals surface area contributed by atoms with E-state index in [2.05, 4.69) is 15.5 Å². The van der Waals surface area contributed by atoms with E-state index < -0.39 is 11.2 Å². The Morgan fingerprint density at radius 3 is 2.38 bits per heavy atom. The molecule has 2 aromatic rings. The lowest BCUT2D eigenvalue weighted by Crippen LogP contribution is -2.51. The minimum Gasteiger partial charge on any atom is -0.343 e. The molecule has 26 heavy (non-hydrogen) atoms. The fourth-order valence-electron chi connectivity index (χ4n) is 2.45. The van der Waals surface area contributed by atoms with Gasteiger partial charge < -0.3 is 15.1 Å². The van der Waals surface area contributed by atoms with E-state index in [0.29, 0.717) is 49.1 Å². The first-order valence-corrected chi connectivity index (χ1v) is 8.95. The Kier molecular flexibility index (Phi) is 5.52. The van der Waals surface area contributed by atoms with E-state index in [-0.39, 0.29) is 11.2 Å². The Morgan fingerprint density at radius 1 is 1.15 bits per heavy atom. The second-order valence-electron chi connectivity index (χ2n) is 5.65. The number of nitrogens with one attached hydrogen (secondary N) is 1. The monoisotopic (exact) mass is 405 g/mol. The molecule has 1 saturated heterocycles. The standard InChI is InChI=1S/C15H15ClF3N5OS/c16-11-3-1-10(2-4-11)9-20-13(25)23-5-7-24(8-6-23)14-22-21-12(26-14)15(17,18)19/h1-4H,5-9H2,(H,20,25). The SMILES string of the molecule is O=C(NCc1ccc(Cl)cc1)N1CCN(c2nnc(C(F)(F)F)s2)CC1. The van der Waals surface area contributed by atoms with Gasteiger partial charge in [-0.1, -0.05) is 35.1 Å². The Hall–Kier alpha value is -2.07. The topological polar surface area (TPSA) is 61.4 Å². The van der Waals surface area contributed by atoms with Crippen molar-refractivity contribution < 1.29 is 18.0 Å². The molecule has 140 valence electrons. The number of nitrogens with zero attached hydrogens (tertiary/aromatic N) is 4. The van der Waals surface area contributed by atoms with E-state index in [1.165, 1.54) is 0 Å². The van der Waals surface area contributed by atoms with Crippen molar-refractivity contribution in [2.45, 2.75) is 12.7 Å². The summed E-state index contributed by atoms with van der Waals surface area (Å²) in [6.45, 7) is 1.98. The predicted octanol–water partition coefficient (Wildman–Crippen LogP) is 3.24. The molecule has 0 radical (unpaired) electrons. The summed E-state index contributed by atoms with van der Waals surface area (Å²) in [6.07, 6.45) is -4.49. The highest BCUT2D eigenvalue weighted by molar-refractivity contribution is 7.15. The molecule has 3 rings (SSSR count). The van der Waals surface area contributed by atoms with Crippen molar-refractivity contribution in [1.29, 1.82) is 0 Å². The third kappa shape index (κ3) is 4.55. The van der Waals surface area contributed by atoms with Gasteiger partial charge in [0.2, 0.25) is 10.1 Å². The van der Waals surface area contributed by atoms with Crippen molar-refractivity contribution >= 4 is 34.1 Å². The van der Waals surface area contributed by atoms with E-state index in [1.807, 2.05) is 12.1 Å². The van der Waals surface area contributed by atoms with Gasteiger partial charge >= 0.3 is 12.2 Å². The molecule has 6 nitrogen and oxygen atoms in total. The van der Waals surface area contributed by atoms with Gasteiger partial charge in [-0.05, 0) is 17.7 Å². The minimum absolute atomic E-state index is 0.215. The summed E-state index contributed by atoms with van der Waals surface area (Å²) >= 11 is 6.33. The number of carbonyl (C=O) groups excluding carboxylic acids is 1. The summed E-state index contributed by atoms with van der Waals surface area (Å²) in [7, 11) is 0. The summed E-state index contributed by atoms with van der Waals surface area (Å²) in [4.78, 5) is 15.5. The fourth-order valence-corrected chi connectivity index (χ4v) is 3.34. The zero-order valence-electron chi connectivity index (χ0n) is 13.5. The number of amides is 2. The lowest BCUT2D eigenvalue weighted by Gasteiger charge is -2.34. The molecule has 2 amide bonds. The first kappa shape index (κ1) is 18.7. The largest absolute Gasteiger partial charge is 0.445 e. The molecule has 1 aromatic heterocycles. The number of urea groups is 1. The number of hydrogen-bond donors (Lipinski definition) is 1. The molecule has 0 unspecified atom stereocenters. The highest BCUT2D eigenvalue weighted by Gasteiger charge is 2.36. The maximum absolute atomic E-state index is 12.6. The Morgan fingerprint density at radius 2 is 1.81 bits per heavy atom. The molecule has 0 atom stereocenters. The van der Waals surface area contributed by atoms with Crippen LogP contribution in [0.4, 0.5) is 23.1 Å². The van der Waals surface area contributed by atoms with Crippen molar-refractivity contribution in [3.8, 4) is 0 Å². The number of piperazine rings is 1. The zero-order chi connectivity index (χ0) is 18.7. The predicted molar refractivity (Wildman–Crippen MR) is 92.4 cm³/mol. The van der Waals surface area contributed by atoms with Gasteiger partial charge in [0.1, 0.15) is 0 Å². The first-order chi connectivity index (χ1) is 12.3. The van der Waals surface area contributed by atoms with Crippen LogP contribution in [0.15, 0.2) is 24.3 Å². The van der Waals surface area contributed by atoms with Crippen molar-refractivity contribution in [1.82, 2.24) is 20.4 Å². The molecule has 0 bridgehead atoms. The smallest absolute Gasteiger partial charge is 0.343 e. The van der Waals surface area contributed by atoms with Crippen molar-refractivity contribution in [3.05, 3.63) is 39.9 Å². The number of alkyl halides is 3. The maximum atomic E-state index is 12.6. The van der Waals surface area contributed by atoms with Gasteiger partial charge in [-0.2, -0.15) is 13.2 Å². The normalized spacial score (nSPS) is 15.2. The van der Waals surface area contributed by atoms with Gasteiger partial charge in [0.15, 0.2) is 0 Å². The van der Waals surface area contributed by atoms with Crippen LogP contribution in [0.1, 0.15) is 10.6 Å². The van der Waals surface area contributed by atoms with Crippen LogP contribution < -0.4 is 10.2 Å². The maximum Gasteiger partial charge on any atom is 0.445 e. The summed E-state index contributed by atoms with van der Waals surface area (Å²) in [5.74, 6) is 0. The molecule has 0 spiro atoms. The van der Waals surface area contributed by atoms with Crippen LogP contribution in [0.3, 0.4) is 0 Å². The summed E-state index contributed by atoms with van der Waals surface area (Å²) < 4.78 is 37.8. The van der Waals surface area contributed by atoms with Crippen LogP contribution in [0.2, 0.25) is 5.02 Å².